The van der Waals surface area contributed by atoms with E-state index in [0.29, 0.717) is 10.9 Å². The number of nitrogens with one attached hydrogen (secondary N) is 1. The molecule has 0 aromatic heterocycles. The van der Waals surface area contributed by atoms with Crippen molar-refractivity contribution in [3.05, 3.63) is 58.3 Å². The van der Waals surface area contributed by atoms with Crippen LogP contribution in [0, 0.1) is 5.82 Å². The van der Waals surface area contributed by atoms with Crippen molar-refractivity contribution in [2.45, 2.75) is 12.2 Å². The Morgan fingerprint density at radius 3 is 2.42 bits per heavy atom. The van der Waals surface area contributed by atoms with Crippen molar-refractivity contribution >= 4 is 31.6 Å². The van der Waals surface area contributed by atoms with Crippen LogP contribution in [0.1, 0.15) is 5.56 Å². The first kappa shape index (κ1) is 18.6. The zero-order chi connectivity index (χ0) is 17.7. The number of alkyl halides is 2. The predicted molar refractivity (Wildman–Crippen MR) is 88.3 cm³/mol. The third-order valence-electron chi connectivity index (χ3n) is 2.99. The summed E-state index contributed by atoms with van der Waals surface area (Å²) in [6.07, 6.45) is 0.438. The van der Waals surface area contributed by atoms with E-state index in [2.05, 4.69) is 15.9 Å². The molecular formula is C15H13BrF3NO3S. The van der Waals surface area contributed by atoms with Crippen LogP contribution in [0.3, 0.4) is 0 Å². The van der Waals surface area contributed by atoms with Crippen LogP contribution in [0.15, 0.2) is 46.9 Å². The molecule has 0 saturated carbocycles. The molecule has 0 spiro atoms. The van der Waals surface area contributed by atoms with Crippen LogP contribution in [-0.4, -0.2) is 20.8 Å². The van der Waals surface area contributed by atoms with Crippen LogP contribution >= 0.6 is 15.9 Å². The molecule has 1 N–H and O–H groups in total. The van der Waals surface area contributed by atoms with Gasteiger partial charge in [0.1, 0.15) is 11.6 Å². The molecule has 0 bridgehead atoms. The highest BCUT2D eigenvalue weighted by atomic mass is 79.9. The summed E-state index contributed by atoms with van der Waals surface area (Å²) in [5, 5.41) is 0. The van der Waals surface area contributed by atoms with Gasteiger partial charge in [0.15, 0.2) is 0 Å². The summed E-state index contributed by atoms with van der Waals surface area (Å²) < 4.78 is 68.3. The number of hydrogen-bond acceptors (Lipinski definition) is 3. The Morgan fingerprint density at radius 1 is 1.12 bits per heavy atom. The molecule has 0 radical (unpaired) electrons. The Kier molecular flexibility index (Phi) is 6.11. The second-order valence-electron chi connectivity index (χ2n) is 4.77. The van der Waals surface area contributed by atoms with Gasteiger partial charge in [-0.25, -0.2) is 12.8 Å². The molecule has 130 valence electrons. The van der Waals surface area contributed by atoms with E-state index in [1.165, 1.54) is 30.3 Å². The van der Waals surface area contributed by atoms with Crippen molar-refractivity contribution in [1.29, 1.82) is 0 Å². The molecule has 2 aromatic carbocycles. The second kappa shape index (κ2) is 7.89. The summed E-state index contributed by atoms with van der Waals surface area (Å²) >= 11 is 3.20. The first-order valence-electron chi connectivity index (χ1n) is 6.74. The van der Waals surface area contributed by atoms with Crippen molar-refractivity contribution in [1.82, 2.24) is 0 Å². The monoisotopic (exact) mass is 423 g/mol. The lowest BCUT2D eigenvalue weighted by Gasteiger charge is -2.14. The zero-order valence-corrected chi connectivity index (χ0v) is 14.6. The highest BCUT2D eigenvalue weighted by molar-refractivity contribution is 9.10. The van der Waals surface area contributed by atoms with Gasteiger partial charge in [-0.1, -0.05) is 28.1 Å². The number of ether oxygens (including phenoxy) is 1. The van der Waals surface area contributed by atoms with E-state index in [-0.39, 0.29) is 23.9 Å². The van der Waals surface area contributed by atoms with Crippen molar-refractivity contribution in [2.24, 2.45) is 0 Å². The van der Waals surface area contributed by atoms with E-state index >= 15 is 0 Å². The van der Waals surface area contributed by atoms with Gasteiger partial charge < -0.3 is 4.74 Å². The number of halogens is 4. The fraction of sp³-hybridized carbons (Fsp3) is 0.200. The number of benzene rings is 2. The number of hydrogen-bond donors (Lipinski definition) is 1. The quantitative estimate of drug-likeness (QED) is 0.726. The van der Waals surface area contributed by atoms with Gasteiger partial charge in [0.05, 0.1) is 12.3 Å². The Bertz CT molecular complexity index is 798. The highest BCUT2D eigenvalue weighted by Gasteiger charge is 2.25. The first-order chi connectivity index (χ1) is 11.3. The highest BCUT2D eigenvalue weighted by Crippen LogP contribution is 2.30. The fourth-order valence-electron chi connectivity index (χ4n) is 1.83. The molecule has 0 heterocycles. The standard InChI is InChI=1S/C15H13BrF3NO3S/c16-11-3-6-13(20-24(21,22)15(18)19)14(9-11)23-8-7-10-1-4-12(17)5-2-10/h1-6,9,15,20H,7-8H2. The van der Waals surface area contributed by atoms with E-state index in [9.17, 15) is 21.6 Å². The Labute approximate surface area is 145 Å². The van der Waals surface area contributed by atoms with Crippen molar-refractivity contribution in [3.8, 4) is 5.75 Å². The number of rotatable bonds is 7. The lowest BCUT2D eigenvalue weighted by atomic mass is 10.2. The summed E-state index contributed by atoms with van der Waals surface area (Å²) in [6, 6.07) is 10.1. The fourth-order valence-corrected chi connectivity index (χ4v) is 2.73. The van der Waals surface area contributed by atoms with Gasteiger partial charge in [-0.3, -0.25) is 4.72 Å². The van der Waals surface area contributed by atoms with E-state index in [1.54, 1.807) is 16.9 Å². The molecule has 0 aliphatic carbocycles. The van der Waals surface area contributed by atoms with E-state index in [1.807, 2.05) is 0 Å². The van der Waals surface area contributed by atoms with Gasteiger partial charge in [0.2, 0.25) is 0 Å². The molecule has 0 saturated heterocycles. The summed E-state index contributed by atoms with van der Waals surface area (Å²) in [7, 11) is -4.79. The molecule has 0 aliphatic rings. The van der Waals surface area contributed by atoms with Crippen molar-refractivity contribution in [2.75, 3.05) is 11.3 Å². The molecule has 2 rings (SSSR count). The van der Waals surface area contributed by atoms with E-state index in [0.717, 1.165) is 5.56 Å². The van der Waals surface area contributed by atoms with Crippen LogP contribution in [0.5, 0.6) is 5.75 Å². The molecule has 0 aliphatic heterocycles. The summed E-state index contributed by atoms with van der Waals surface area (Å²) in [4.78, 5) is 0. The molecule has 2 aromatic rings. The lowest BCUT2D eigenvalue weighted by Crippen LogP contribution is -2.21. The Morgan fingerprint density at radius 2 is 1.79 bits per heavy atom. The van der Waals surface area contributed by atoms with Crippen LogP contribution in [-0.2, 0) is 16.4 Å². The van der Waals surface area contributed by atoms with Gasteiger partial charge >= 0.3 is 5.76 Å². The predicted octanol–water partition coefficient (Wildman–Crippen LogP) is 4.17. The second-order valence-corrected chi connectivity index (χ2v) is 7.34. The smallest absolute Gasteiger partial charge is 0.355 e. The lowest BCUT2D eigenvalue weighted by molar-refractivity contribution is 0.236. The van der Waals surface area contributed by atoms with Crippen LogP contribution < -0.4 is 9.46 Å². The van der Waals surface area contributed by atoms with E-state index in [4.69, 9.17) is 4.74 Å². The SMILES string of the molecule is O=S(=O)(Nc1ccc(Br)cc1OCCc1ccc(F)cc1)C(F)F. The molecule has 9 heteroatoms. The molecule has 0 fully saturated rings. The summed E-state index contributed by atoms with van der Waals surface area (Å²) in [5.41, 5.74) is 0.735. The summed E-state index contributed by atoms with van der Waals surface area (Å²) in [5.74, 6) is -3.79. The summed E-state index contributed by atoms with van der Waals surface area (Å²) in [6.45, 7) is 0.158. The van der Waals surface area contributed by atoms with Crippen molar-refractivity contribution in [3.63, 3.8) is 0 Å². The molecular weight excluding hydrogens is 411 g/mol. The minimum absolute atomic E-state index is 0.0855. The van der Waals surface area contributed by atoms with Crippen LogP contribution in [0.2, 0.25) is 0 Å². The minimum atomic E-state index is -4.79. The third-order valence-corrected chi connectivity index (χ3v) is 4.46. The molecule has 0 amide bonds. The average molecular weight is 424 g/mol. The average Bonchev–Trinajstić information content (AvgIpc) is 2.51. The minimum Gasteiger partial charge on any atom is -0.491 e. The van der Waals surface area contributed by atoms with E-state index < -0.39 is 15.8 Å². The number of anilines is 1. The maximum absolute atomic E-state index is 12.8. The third kappa shape index (κ3) is 5.13. The van der Waals surface area contributed by atoms with Crippen LogP contribution in [0.4, 0.5) is 18.9 Å². The van der Waals surface area contributed by atoms with Crippen LogP contribution in [0.25, 0.3) is 0 Å². The van der Waals surface area contributed by atoms with Gasteiger partial charge in [-0.2, -0.15) is 8.78 Å². The molecule has 4 nitrogen and oxygen atoms in total. The Balaban J connectivity index is 2.08. The molecule has 24 heavy (non-hydrogen) atoms. The largest absolute Gasteiger partial charge is 0.491 e. The van der Waals surface area contributed by atoms with Gasteiger partial charge in [0.25, 0.3) is 10.0 Å². The maximum Gasteiger partial charge on any atom is 0.355 e. The molecule has 0 atom stereocenters. The molecule has 0 unspecified atom stereocenters. The first-order valence-corrected chi connectivity index (χ1v) is 9.08. The van der Waals surface area contributed by atoms with Crippen molar-refractivity contribution < 1.29 is 26.3 Å². The maximum atomic E-state index is 12.8. The normalized spacial score (nSPS) is 11.5. The number of sulfonamides is 1. The Hall–Kier alpha value is -1.74. The van der Waals surface area contributed by atoms with Gasteiger partial charge in [-0.15, -0.1) is 0 Å². The van der Waals surface area contributed by atoms with Gasteiger partial charge in [-0.05, 0) is 35.9 Å². The zero-order valence-electron chi connectivity index (χ0n) is 12.2. The topological polar surface area (TPSA) is 55.4 Å². The van der Waals surface area contributed by atoms with Gasteiger partial charge in [0, 0.05) is 10.9 Å².